The van der Waals surface area contributed by atoms with Crippen molar-refractivity contribution in [1.82, 2.24) is 4.31 Å². The molecule has 1 amide bonds. The normalized spacial score (nSPS) is 17.7. The van der Waals surface area contributed by atoms with Gasteiger partial charge in [0.2, 0.25) is 15.9 Å². The Morgan fingerprint density at radius 3 is 2.66 bits per heavy atom. The second-order valence-electron chi connectivity index (χ2n) is 7.31. The first kappa shape index (κ1) is 21.3. The van der Waals surface area contributed by atoms with Crippen molar-refractivity contribution < 1.29 is 22.3 Å². The van der Waals surface area contributed by atoms with Gasteiger partial charge in [0.25, 0.3) is 0 Å². The van der Waals surface area contributed by atoms with Crippen LogP contribution in [0.15, 0.2) is 41.3 Å². The Kier molecular flexibility index (Phi) is 6.24. The number of nitrogens with zero attached hydrogens (tertiary/aromatic N) is 1. The number of hydrogen-bond donors (Lipinski definition) is 1. The third kappa shape index (κ3) is 4.59. The van der Waals surface area contributed by atoms with E-state index in [-0.39, 0.29) is 29.6 Å². The van der Waals surface area contributed by atoms with Crippen molar-refractivity contribution >= 4 is 21.6 Å². The number of piperidine rings is 1. The van der Waals surface area contributed by atoms with Gasteiger partial charge in [-0.3, -0.25) is 4.79 Å². The molecule has 1 fully saturated rings. The Morgan fingerprint density at radius 1 is 1.21 bits per heavy atom. The molecule has 0 bridgehead atoms. The van der Waals surface area contributed by atoms with Gasteiger partial charge in [-0.05, 0) is 56.5 Å². The molecule has 0 radical (unpaired) electrons. The fourth-order valence-electron chi connectivity index (χ4n) is 3.55. The lowest BCUT2D eigenvalue weighted by Crippen LogP contribution is -2.43. The SMILES string of the molecule is COc1ccc(F)cc1S(=O)(=O)N1CCC[C@H](C(=O)Nc2ccc(C)cc2C)C1. The quantitative estimate of drug-likeness (QED) is 0.803. The number of methoxy groups -OCH3 is 1. The largest absolute Gasteiger partial charge is 0.495 e. The van der Waals surface area contributed by atoms with Crippen LogP contribution in [0.4, 0.5) is 10.1 Å². The van der Waals surface area contributed by atoms with Crippen molar-refractivity contribution in [3.63, 3.8) is 0 Å². The summed E-state index contributed by atoms with van der Waals surface area (Å²) in [7, 11) is -2.66. The van der Waals surface area contributed by atoms with Crippen LogP contribution < -0.4 is 10.1 Å². The van der Waals surface area contributed by atoms with Crippen LogP contribution in [0.2, 0.25) is 0 Å². The Morgan fingerprint density at radius 2 is 1.97 bits per heavy atom. The molecule has 3 rings (SSSR count). The van der Waals surface area contributed by atoms with Gasteiger partial charge < -0.3 is 10.1 Å². The topological polar surface area (TPSA) is 75.7 Å². The van der Waals surface area contributed by atoms with Gasteiger partial charge in [0, 0.05) is 18.8 Å². The summed E-state index contributed by atoms with van der Waals surface area (Å²) in [5.41, 5.74) is 2.76. The molecule has 0 saturated carbocycles. The molecule has 0 aliphatic carbocycles. The van der Waals surface area contributed by atoms with Crippen LogP contribution in [-0.4, -0.2) is 38.8 Å². The maximum absolute atomic E-state index is 13.7. The van der Waals surface area contributed by atoms with Crippen LogP contribution in [-0.2, 0) is 14.8 Å². The average molecular weight is 421 g/mol. The van der Waals surface area contributed by atoms with E-state index in [1.54, 1.807) is 0 Å². The fraction of sp³-hybridized carbons (Fsp3) is 0.381. The Bertz CT molecular complexity index is 1020. The van der Waals surface area contributed by atoms with Gasteiger partial charge in [-0.15, -0.1) is 0 Å². The first-order chi connectivity index (χ1) is 13.7. The minimum absolute atomic E-state index is 0.0404. The van der Waals surface area contributed by atoms with Crippen LogP contribution in [0, 0.1) is 25.6 Å². The minimum Gasteiger partial charge on any atom is -0.495 e. The number of rotatable bonds is 5. The summed E-state index contributed by atoms with van der Waals surface area (Å²) >= 11 is 0. The van der Waals surface area contributed by atoms with Crippen LogP contribution in [0.25, 0.3) is 0 Å². The number of ether oxygens (including phenoxy) is 1. The molecule has 1 aliphatic heterocycles. The summed E-state index contributed by atoms with van der Waals surface area (Å²) in [5.74, 6) is -1.29. The third-order valence-corrected chi connectivity index (χ3v) is 7.02. The highest BCUT2D eigenvalue weighted by atomic mass is 32.2. The molecular formula is C21H25FN2O4S. The first-order valence-corrected chi connectivity index (χ1v) is 10.9. The van der Waals surface area contributed by atoms with Gasteiger partial charge in [0.1, 0.15) is 16.5 Å². The van der Waals surface area contributed by atoms with Gasteiger partial charge in [0.05, 0.1) is 13.0 Å². The molecule has 2 aromatic rings. The van der Waals surface area contributed by atoms with Crippen molar-refractivity contribution in [1.29, 1.82) is 0 Å². The molecule has 6 nitrogen and oxygen atoms in total. The number of hydrogen-bond acceptors (Lipinski definition) is 4. The van der Waals surface area contributed by atoms with E-state index < -0.39 is 21.8 Å². The summed E-state index contributed by atoms with van der Waals surface area (Å²) in [5, 5.41) is 2.91. The van der Waals surface area contributed by atoms with E-state index in [0.717, 1.165) is 23.3 Å². The number of benzene rings is 2. The molecule has 1 heterocycles. The molecule has 1 aliphatic rings. The summed E-state index contributed by atoms with van der Waals surface area (Å²) in [6.45, 7) is 4.20. The maximum Gasteiger partial charge on any atom is 0.246 e. The minimum atomic E-state index is -3.99. The highest BCUT2D eigenvalue weighted by molar-refractivity contribution is 7.89. The summed E-state index contributed by atoms with van der Waals surface area (Å²) in [6, 6.07) is 9.12. The zero-order chi connectivity index (χ0) is 21.2. The number of anilines is 1. The summed E-state index contributed by atoms with van der Waals surface area (Å²) < 4.78 is 46.2. The molecule has 1 saturated heterocycles. The maximum atomic E-state index is 13.7. The highest BCUT2D eigenvalue weighted by Crippen LogP contribution is 2.31. The number of nitrogens with one attached hydrogen (secondary N) is 1. The zero-order valence-corrected chi connectivity index (χ0v) is 17.6. The standard InChI is InChI=1S/C21H25FN2O4S/c1-14-6-8-18(15(2)11-14)23-21(25)16-5-4-10-24(13-16)29(26,27)20-12-17(22)7-9-19(20)28-3/h6-9,11-12,16H,4-5,10,13H2,1-3H3,(H,23,25)/t16-/m0/s1. The monoisotopic (exact) mass is 420 g/mol. The predicted octanol–water partition coefficient (Wildman–Crippen LogP) is 3.49. The molecule has 0 spiro atoms. The van der Waals surface area contributed by atoms with Crippen LogP contribution in [0.5, 0.6) is 5.75 Å². The lowest BCUT2D eigenvalue weighted by atomic mass is 9.98. The second kappa shape index (κ2) is 8.51. The van der Waals surface area contributed by atoms with Gasteiger partial charge in [0.15, 0.2) is 0 Å². The Labute approximate surface area is 170 Å². The van der Waals surface area contributed by atoms with E-state index in [2.05, 4.69) is 5.32 Å². The fourth-order valence-corrected chi connectivity index (χ4v) is 5.25. The number of sulfonamides is 1. The second-order valence-corrected chi connectivity index (χ2v) is 9.21. The van der Waals surface area contributed by atoms with Gasteiger partial charge in [-0.2, -0.15) is 4.31 Å². The van der Waals surface area contributed by atoms with E-state index in [9.17, 15) is 17.6 Å². The number of aryl methyl sites for hydroxylation is 2. The molecule has 2 aromatic carbocycles. The molecule has 1 N–H and O–H groups in total. The molecule has 156 valence electrons. The van der Waals surface area contributed by atoms with E-state index in [4.69, 9.17) is 4.74 Å². The van der Waals surface area contributed by atoms with Crippen molar-refractivity contribution in [2.45, 2.75) is 31.6 Å². The summed E-state index contributed by atoms with van der Waals surface area (Å²) in [4.78, 5) is 12.5. The molecule has 1 atom stereocenters. The highest BCUT2D eigenvalue weighted by Gasteiger charge is 2.35. The van der Waals surface area contributed by atoms with Crippen molar-refractivity contribution in [3.8, 4) is 5.75 Å². The molecule has 0 aromatic heterocycles. The average Bonchev–Trinajstić information content (AvgIpc) is 2.70. The predicted molar refractivity (Wildman–Crippen MR) is 109 cm³/mol. The van der Waals surface area contributed by atoms with Gasteiger partial charge >= 0.3 is 0 Å². The number of amides is 1. The summed E-state index contributed by atoms with van der Waals surface area (Å²) in [6.07, 6.45) is 1.13. The Hall–Kier alpha value is -2.45. The molecule has 29 heavy (non-hydrogen) atoms. The van der Waals surface area contributed by atoms with Crippen LogP contribution in [0.1, 0.15) is 24.0 Å². The van der Waals surface area contributed by atoms with Crippen molar-refractivity contribution in [3.05, 3.63) is 53.3 Å². The van der Waals surface area contributed by atoms with E-state index in [1.807, 2.05) is 32.0 Å². The van der Waals surface area contributed by atoms with Crippen molar-refractivity contribution in [2.24, 2.45) is 5.92 Å². The smallest absolute Gasteiger partial charge is 0.246 e. The van der Waals surface area contributed by atoms with Gasteiger partial charge in [-0.25, -0.2) is 12.8 Å². The van der Waals surface area contributed by atoms with E-state index in [1.165, 1.54) is 17.5 Å². The first-order valence-electron chi connectivity index (χ1n) is 9.44. The number of halogens is 1. The van der Waals surface area contributed by atoms with E-state index >= 15 is 0 Å². The number of carbonyl (C=O) groups is 1. The number of carbonyl (C=O) groups excluding carboxylic acids is 1. The Balaban J connectivity index is 1.79. The van der Waals surface area contributed by atoms with Crippen LogP contribution >= 0.6 is 0 Å². The molecular weight excluding hydrogens is 395 g/mol. The third-order valence-electron chi connectivity index (χ3n) is 5.14. The lowest BCUT2D eigenvalue weighted by Gasteiger charge is -2.31. The lowest BCUT2D eigenvalue weighted by molar-refractivity contribution is -0.120. The molecule has 0 unspecified atom stereocenters. The van der Waals surface area contributed by atoms with E-state index in [0.29, 0.717) is 18.5 Å². The van der Waals surface area contributed by atoms with Crippen LogP contribution in [0.3, 0.4) is 0 Å². The van der Waals surface area contributed by atoms with Crippen molar-refractivity contribution in [2.75, 3.05) is 25.5 Å². The zero-order valence-electron chi connectivity index (χ0n) is 16.7. The molecule has 8 heteroatoms. The van der Waals surface area contributed by atoms with Gasteiger partial charge in [-0.1, -0.05) is 17.7 Å².